The molecular weight excluding hydrogens is 350 g/mol. The van der Waals surface area contributed by atoms with Crippen LogP contribution in [-0.4, -0.2) is 37.5 Å². The van der Waals surface area contributed by atoms with Crippen LogP contribution in [0.2, 0.25) is 0 Å². The topological polar surface area (TPSA) is 92.3 Å². The van der Waals surface area contributed by atoms with Gasteiger partial charge in [0.25, 0.3) is 0 Å². The van der Waals surface area contributed by atoms with E-state index in [0.717, 1.165) is 30.0 Å². The molecule has 1 aromatic carbocycles. The molecule has 23 heavy (non-hydrogen) atoms. The summed E-state index contributed by atoms with van der Waals surface area (Å²) in [5.74, 6) is -3.67. The number of sulfone groups is 1. The van der Waals surface area contributed by atoms with E-state index in [1.807, 2.05) is 0 Å². The lowest BCUT2D eigenvalue weighted by molar-refractivity contribution is -0.129. The van der Waals surface area contributed by atoms with Crippen molar-refractivity contribution in [3.05, 3.63) is 29.8 Å². The molecular formula is C13H14F2N2O4S2. The number of amides is 2. The summed E-state index contributed by atoms with van der Waals surface area (Å²) in [7, 11) is -3.19. The molecule has 0 aromatic heterocycles. The highest BCUT2D eigenvalue weighted by Crippen LogP contribution is 2.22. The van der Waals surface area contributed by atoms with Gasteiger partial charge >= 0.3 is 0 Å². The highest BCUT2D eigenvalue weighted by Gasteiger charge is 2.33. The second-order valence-electron chi connectivity index (χ2n) is 5.00. The molecule has 126 valence electrons. The van der Waals surface area contributed by atoms with Gasteiger partial charge in [-0.25, -0.2) is 17.2 Å². The van der Waals surface area contributed by atoms with Gasteiger partial charge in [-0.15, -0.1) is 11.8 Å². The van der Waals surface area contributed by atoms with Gasteiger partial charge in [-0.1, -0.05) is 0 Å². The summed E-state index contributed by atoms with van der Waals surface area (Å²) in [6.45, 7) is 0. The zero-order valence-electron chi connectivity index (χ0n) is 11.8. The largest absolute Gasteiger partial charge is 0.273 e. The number of nitrogens with one attached hydrogen (secondary N) is 2. The van der Waals surface area contributed by atoms with Gasteiger partial charge in [-0.2, -0.15) is 0 Å². The van der Waals surface area contributed by atoms with E-state index in [2.05, 4.69) is 10.9 Å². The molecule has 2 rings (SSSR count). The average Bonchev–Trinajstić information content (AvgIpc) is 2.86. The number of thioether (sulfide) groups is 1. The van der Waals surface area contributed by atoms with Crippen LogP contribution in [0, 0.1) is 17.6 Å². The number of rotatable bonds is 4. The minimum atomic E-state index is -3.19. The molecule has 6 nitrogen and oxygen atoms in total. The fourth-order valence-corrected chi connectivity index (χ4v) is 4.50. The minimum Gasteiger partial charge on any atom is -0.273 e. The molecule has 0 saturated carbocycles. The monoisotopic (exact) mass is 364 g/mol. The van der Waals surface area contributed by atoms with Crippen molar-refractivity contribution in [1.82, 2.24) is 10.9 Å². The lowest BCUT2D eigenvalue weighted by Crippen LogP contribution is -2.45. The summed E-state index contributed by atoms with van der Waals surface area (Å²) in [5.41, 5.74) is 4.26. The van der Waals surface area contributed by atoms with E-state index >= 15 is 0 Å². The molecule has 0 bridgehead atoms. The van der Waals surface area contributed by atoms with Gasteiger partial charge in [0.2, 0.25) is 11.8 Å². The third-order valence-electron chi connectivity index (χ3n) is 3.18. The second-order valence-corrected chi connectivity index (χ2v) is 8.25. The predicted molar refractivity (Wildman–Crippen MR) is 80.1 cm³/mol. The van der Waals surface area contributed by atoms with Gasteiger partial charge in [0.05, 0.1) is 23.2 Å². The van der Waals surface area contributed by atoms with Crippen LogP contribution in [0.25, 0.3) is 0 Å². The lowest BCUT2D eigenvalue weighted by atomic mass is 10.1. The Hall–Kier alpha value is -1.68. The van der Waals surface area contributed by atoms with Crippen LogP contribution in [0.3, 0.4) is 0 Å². The van der Waals surface area contributed by atoms with Gasteiger partial charge in [-0.05, 0) is 24.6 Å². The zero-order chi connectivity index (χ0) is 17.0. The summed E-state index contributed by atoms with van der Waals surface area (Å²) < 4.78 is 48.9. The third-order valence-corrected chi connectivity index (χ3v) is 5.98. The van der Waals surface area contributed by atoms with Gasteiger partial charge in [0, 0.05) is 4.90 Å². The predicted octanol–water partition coefficient (Wildman–Crippen LogP) is 0.639. The normalized spacial score (nSPS) is 19.3. The first-order valence-corrected chi connectivity index (χ1v) is 9.44. The Morgan fingerprint density at radius 2 is 2.00 bits per heavy atom. The maximum Gasteiger partial charge on any atom is 0.248 e. The molecule has 1 aromatic rings. The first kappa shape index (κ1) is 17.7. The van der Waals surface area contributed by atoms with Crippen molar-refractivity contribution in [3.8, 4) is 0 Å². The molecule has 2 amide bonds. The van der Waals surface area contributed by atoms with Crippen LogP contribution in [0.5, 0.6) is 0 Å². The Kier molecular flexibility index (Phi) is 5.58. The van der Waals surface area contributed by atoms with Crippen molar-refractivity contribution < 1.29 is 26.8 Å². The Labute approximate surface area is 135 Å². The summed E-state index contributed by atoms with van der Waals surface area (Å²) in [6.07, 6.45) is 0.216. The maximum absolute atomic E-state index is 13.4. The van der Waals surface area contributed by atoms with Crippen LogP contribution in [0.4, 0.5) is 8.78 Å². The molecule has 1 heterocycles. The van der Waals surface area contributed by atoms with Gasteiger partial charge in [-0.3, -0.25) is 20.4 Å². The Morgan fingerprint density at radius 3 is 2.65 bits per heavy atom. The zero-order valence-corrected chi connectivity index (χ0v) is 13.5. The van der Waals surface area contributed by atoms with Gasteiger partial charge in [0.15, 0.2) is 9.84 Å². The molecule has 1 atom stereocenters. The highest BCUT2D eigenvalue weighted by molar-refractivity contribution is 8.00. The molecule has 1 saturated heterocycles. The van der Waals surface area contributed by atoms with Crippen molar-refractivity contribution in [2.45, 2.75) is 11.3 Å². The number of carbonyl (C=O) groups excluding carboxylic acids is 2. The standard InChI is InChI=1S/C13H14F2N2O4S2/c14-9-1-2-10(15)11(5-9)22-6-12(18)16-17-13(19)8-3-4-23(20,21)7-8/h1-2,5,8H,3-4,6-7H2,(H,16,18)(H,17,19)/t8-/m0/s1. The number of benzene rings is 1. The summed E-state index contributed by atoms with van der Waals surface area (Å²) in [5, 5.41) is 0. The molecule has 2 N–H and O–H groups in total. The highest BCUT2D eigenvalue weighted by atomic mass is 32.2. The Morgan fingerprint density at radius 1 is 1.26 bits per heavy atom. The molecule has 0 unspecified atom stereocenters. The van der Waals surface area contributed by atoms with Crippen molar-refractivity contribution in [2.24, 2.45) is 5.92 Å². The first-order chi connectivity index (χ1) is 10.8. The van der Waals surface area contributed by atoms with E-state index in [0.29, 0.717) is 0 Å². The van der Waals surface area contributed by atoms with E-state index in [4.69, 9.17) is 0 Å². The number of hydrazine groups is 1. The van der Waals surface area contributed by atoms with E-state index in [9.17, 15) is 26.8 Å². The van der Waals surface area contributed by atoms with Crippen LogP contribution in [0.1, 0.15) is 6.42 Å². The lowest BCUT2D eigenvalue weighted by Gasteiger charge is -2.10. The fourth-order valence-electron chi connectivity index (χ4n) is 2.00. The molecule has 10 heteroatoms. The SMILES string of the molecule is O=C(CSc1cc(F)ccc1F)NNC(=O)[C@H]1CCS(=O)(=O)C1. The van der Waals surface area contributed by atoms with Gasteiger partial charge < -0.3 is 0 Å². The maximum atomic E-state index is 13.4. The molecule has 1 aliphatic rings. The van der Waals surface area contributed by atoms with E-state index in [-0.39, 0.29) is 28.6 Å². The Balaban J connectivity index is 1.77. The van der Waals surface area contributed by atoms with Crippen molar-refractivity contribution in [2.75, 3.05) is 17.3 Å². The summed E-state index contributed by atoms with van der Waals surface area (Å²) >= 11 is 0.779. The molecule has 1 aliphatic heterocycles. The fraction of sp³-hybridized carbons (Fsp3) is 0.385. The van der Waals surface area contributed by atoms with E-state index in [1.54, 1.807) is 0 Å². The van der Waals surface area contributed by atoms with Crippen LogP contribution < -0.4 is 10.9 Å². The number of hydrogen-bond donors (Lipinski definition) is 2. The minimum absolute atomic E-state index is 0.0200. The van der Waals surface area contributed by atoms with Crippen LogP contribution in [0.15, 0.2) is 23.1 Å². The van der Waals surface area contributed by atoms with Gasteiger partial charge in [0.1, 0.15) is 11.6 Å². The summed E-state index contributed by atoms with van der Waals surface area (Å²) in [6, 6.07) is 2.89. The molecule has 0 radical (unpaired) electrons. The summed E-state index contributed by atoms with van der Waals surface area (Å²) in [4.78, 5) is 23.3. The number of halogens is 2. The third kappa shape index (κ3) is 5.17. The molecule has 0 spiro atoms. The first-order valence-electron chi connectivity index (χ1n) is 6.64. The average molecular weight is 364 g/mol. The number of carbonyl (C=O) groups is 2. The smallest absolute Gasteiger partial charge is 0.248 e. The van der Waals surface area contributed by atoms with Crippen molar-refractivity contribution in [3.63, 3.8) is 0 Å². The van der Waals surface area contributed by atoms with E-state index < -0.39 is 39.2 Å². The van der Waals surface area contributed by atoms with Crippen molar-refractivity contribution >= 4 is 33.4 Å². The number of hydrogen-bond acceptors (Lipinski definition) is 5. The second kappa shape index (κ2) is 7.26. The molecule has 0 aliphatic carbocycles. The van der Waals surface area contributed by atoms with E-state index in [1.165, 1.54) is 0 Å². The van der Waals surface area contributed by atoms with Crippen molar-refractivity contribution in [1.29, 1.82) is 0 Å². The quantitative estimate of drug-likeness (QED) is 0.604. The van der Waals surface area contributed by atoms with Crippen LogP contribution >= 0.6 is 11.8 Å². The molecule has 1 fully saturated rings. The van der Waals surface area contributed by atoms with Crippen LogP contribution in [-0.2, 0) is 19.4 Å². The Bertz CT molecular complexity index is 725.